The largest absolute Gasteiger partial charge is 0.454 e. The minimum Gasteiger partial charge on any atom is -0.454 e. The molecule has 24 heavy (non-hydrogen) atoms. The average Bonchev–Trinajstić information content (AvgIpc) is 3.19. The van der Waals surface area contributed by atoms with E-state index in [1.807, 2.05) is 13.1 Å². The molecule has 1 unspecified atom stereocenters. The molecule has 1 saturated heterocycles. The highest BCUT2D eigenvalue weighted by atomic mass is 127. The van der Waals surface area contributed by atoms with Crippen molar-refractivity contribution in [1.29, 1.82) is 0 Å². The highest BCUT2D eigenvalue weighted by molar-refractivity contribution is 14.0. The third kappa shape index (κ3) is 5.08. The zero-order chi connectivity index (χ0) is 16.1. The fourth-order valence-corrected chi connectivity index (χ4v) is 4.13. The van der Waals surface area contributed by atoms with Crippen molar-refractivity contribution in [2.45, 2.75) is 30.9 Å². The van der Waals surface area contributed by atoms with Gasteiger partial charge in [0, 0.05) is 24.9 Å². The summed E-state index contributed by atoms with van der Waals surface area (Å²) in [6, 6.07) is 6.11. The Morgan fingerprint density at radius 3 is 2.88 bits per heavy atom. The number of aliphatic imine (C=N–C) groups is 1. The van der Waals surface area contributed by atoms with Crippen LogP contribution in [0.4, 0.5) is 0 Å². The van der Waals surface area contributed by atoms with Gasteiger partial charge in [0.05, 0.1) is 0 Å². The maximum Gasteiger partial charge on any atom is 0.231 e. The summed E-state index contributed by atoms with van der Waals surface area (Å²) in [7, 11) is 1.82. The molecular weight excluding hydrogens is 437 g/mol. The van der Waals surface area contributed by atoms with Crippen LogP contribution in [0.1, 0.15) is 25.3 Å². The van der Waals surface area contributed by atoms with Gasteiger partial charge >= 0.3 is 0 Å². The van der Waals surface area contributed by atoms with Crippen molar-refractivity contribution in [2.24, 2.45) is 4.99 Å². The predicted octanol–water partition coefficient (Wildman–Crippen LogP) is 3.03. The highest BCUT2D eigenvalue weighted by Gasteiger charge is 2.29. The molecule has 0 bridgehead atoms. The summed E-state index contributed by atoms with van der Waals surface area (Å²) in [6.45, 7) is 4.45. The van der Waals surface area contributed by atoms with Gasteiger partial charge in [-0.25, -0.2) is 0 Å². The van der Waals surface area contributed by atoms with Crippen LogP contribution >= 0.6 is 35.7 Å². The van der Waals surface area contributed by atoms with E-state index in [4.69, 9.17) is 9.47 Å². The minimum absolute atomic E-state index is 0. The van der Waals surface area contributed by atoms with E-state index in [2.05, 4.69) is 46.4 Å². The van der Waals surface area contributed by atoms with Gasteiger partial charge in [-0.2, -0.15) is 11.8 Å². The molecule has 1 atom stereocenters. The molecule has 0 amide bonds. The molecule has 0 aromatic heterocycles. The Morgan fingerprint density at radius 2 is 2.12 bits per heavy atom. The second-order valence-corrected chi connectivity index (χ2v) is 7.87. The molecule has 2 N–H and O–H groups in total. The van der Waals surface area contributed by atoms with E-state index in [1.165, 1.54) is 24.2 Å². The first-order valence-electron chi connectivity index (χ1n) is 8.16. The summed E-state index contributed by atoms with van der Waals surface area (Å²) in [5.74, 6) is 3.83. The third-order valence-electron chi connectivity index (χ3n) is 4.30. The number of halogens is 1. The van der Waals surface area contributed by atoms with Gasteiger partial charge in [0.15, 0.2) is 17.5 Å². The van der Waals surface area contributed by atoms with E-state index < -0.39 is 0 Å². The molecule has 5 nitrogen and oxygen atoms in total. The van der Waals surface area contributed by atoms with Crippen molar-refractivity contribution in [3.8, 4) is 11.5 Å². The number of fused-ring (bicyclic) bond motifs is 1. The lowest BCUT2D eigenvalue weighted by atomic mass is 10.1. The van der Waals surface area contributed by atoms with Crippen LogP contribution in [0.5, 0.6) is 11.5 Å². The number of ether oxygens (including phenoxy) is 2. The fraction of sp³-hybridized carbons (Fsp3) is 0.588. The first-order chi connectivity index (χ1) is 11.2. The summed E-state index contributed by atoms with van der Waals surface area (Å²) < 4.78 is 11.1. The summed E-state index contributed by atoms with van der Waals surface area (Å²) in [6.07, 6.45) is 3.52. The first-order valence-corrected chi connectivity index (χ1v) is 9.14. The van der Waals surface area contributed by atoms with Crippen molar-refractivity contribution in [1.82, 2.24) is 10.6 Å². The Labute approximate surface area is 165 Å². The Hall–Kier alpha value is -0.830. The summed E-state index contributed by atoms with van der Waals surface area (Å²) >= 11 is 2.06. The van der Waals surface area contributed by atoms with Gasteiger partial charge in [-0.3, -0.25) is 4.99 Å². The number of rotatable bonds is 5. The Morgan fingerprint density at radius 1 is 1.29 bits per heavy atom. The molecule has 1 fully saturated rings. The van der Waals surface area contributed by atoms with Crippen LogP contribution in [0.2, 0.25) is 0 Å². The molecule has 7 heteroatoms. The lowest BCUT2D eigenvalue weighted by Crippen LogP contribution is -2.44. The second kappa shape index (κ2) is 9.03. The normalized spacial score (nSPS) is 22.2. The predicted molar refractivity (Wildman–Crippen MR) is 111 cm³/mol. The van der Waals surface area contributed by atoms with Gasteiger partial charge in [0.2, 0.25) is 6.79 Å². The van der Waals surface area contributed by atoms with E-state index >= 15 is 0 Å². The first kappa shape index (κ1) is 19.5. The average molecular weight is 463 g/mol. The molecule has 0 spiro atoms. The van der Waals surface area contributed by atoms with Gasteiger partial charge < -0.3 is 20.1 Å². The van der Waals surface area contributed by atoms with E-state index in [0.717, 1.165) is 37.0 Å². The number of nitrogens with one attached hydrogen (secondary N) is 2. The summed E-state index contributed by atoms with van der Waals surface area (Å²) in [4.78, 5) is 4.31. The van der Waals surface area contributed by atoms with E-state index in [-0.39, 0.29) is 24.0 Å². The van der Waals surface area contributed by atoms with Crippen molar-refractivity contribution < 1.29 is 9.47 Å². The molecule has 1 aromatic rings. The van der Waals surface area contributed by atoms with E-state index in [1.54, 1.807) is 0 Å². The smallest absolute Gasteiger partial charge is 0.231 e. The van der Waals surface area contributed by atoms with Crippen LogP contribution in [0.15, 0.2) is 23.2 Å². The van der Waals surface area contributed by atoms with Crippen LogP contribution in [-0.2, 0) is 6.42 Å². The molecule has 0 aliphatic carbocycles. The number of benzene rings is 1. The molecule has 2 heterocycles. The van der Waals surface area contributed by atoms with Crippen molar-refractivity contribution in [2.75, 3.05) is 32.7 Å². The Kier molecular flexibility index (Phi) is 7.34. The molecule has 0 saturated carbocycles. The van der Waals surface area contributed by atoms with Crippen LogP contribution in [0.25, 0.3) is 0 Å². The minimum atomic E-state index is 0. The van der Waals surface area contributed by atoms with E-state index in [9.17, 15) is 0 Å². The third-order valence-corrected chi connectivity index (χ3v) is 5.84. The van der Waals surface area contributed by atoms with Crippen LogP contribution < -0.4 is 20.1 Å². The molecule has 1 aromatic carbocycles. The fourth-order valence-electron chi connectivity index (χ4n) is 2.89. The van der Waals surface area contributed by atoms with Crippen LogP contribution in [-0.4, -0.2) is 43.4 Å². The molecule has 2 aliphatic heterocycles. The monoisotopic (exact) mass is 463 g/mol. The number of thioether (sulfide) groups is 1. The molecule has 0 radical (unpaired) electrons. The quantitative estimate of drug-likeness (QED) is 0.400. The van der Waals surface area contributed by atoms with Gasteiger partial charge in [-0.15, -0.1) is 24.0 Å². The van der Waals surface area contributed by atoms with Crippen molar-refractivity contribution in [3.05, 3.63) is 23.8 Å². The van der Waals surface area contributed by atoms with Gasteiger partial charge in [0.25, 0.3) is 0 Å². The standard InChI is InChI=1S/C17H25N3O2S.HI/c1-17(7-3-9-23-17)11-20-16(18-2)19-8-6-13-4-5-14-15(10-13)22-12-21-14;/h4-5,10H,3,6-9,11-12H2,1-2H3,(H2,18,19,20);1H. The second-order valence-electron chi connectivity index (χ2n) is 6.19. The lowest BCUT2D eigenvalue weighted by Gasteiger charge is -2.24. The van der Waals surface area contributed by atoms with Crippen molar-refractivity contribution >= 4 is 41.7 Å². The summed E-state index contributed by atoms with van der Waals surface area (Å²) in [5.41, 5.74) is 1.23. The zero-order valence-electron chi connectivity index (χ0n) is 14.3. The Balaban J connectivity index is 0.00000208. The highest BCUT2D eigenvalue weighted by Crippen LogP contribution is 2.37. The number of guanidine groups is 1. The maximum absolute atomic E-state index is 5.41. The molecular formula is C17H26IN3O2S. The SMILES string of the molecule is CN=C(NCCc1ccc2c(c1)OCO2)NCC1(C)CCCS1.I. The van der Waals surface area contributed by atoms with Gasteiger partial charge in [-0.1, -0.05) is 6.07 Å². The number of nitrogens with zero attached hydrogens (tertiary/aromatic N) is 1. The summed E-state index contributed by atoms with van der Waals surface area (Å²) in [5, 5.41) is 6.84. The topological polar surface area (TPSA) is 54.9 Å². The Bertz CT molecular complexity index is 577. The molecule has 2 aliphatic rings. The van der Waals surface area contributed by atoms with Gasteiger partial charge in [-0.05, 0) is 49.6 Å². The molecule has 3 rings (SSSR count). The van der Waals surface area contributed by atoms with Crippen LogP contribution in [0, 0.1) is 0 Å². The maximum atomic E-state index is 5.41. The number of hydrogen-bond donors (Lipinski definition) is 2. The lowest BCUT2D eigenvalue weighted by molar-refractivity contribution is 0.174. The van der Waals surface area contributed by atoms with Crippen LogP contribution in [0.3, 0.4) is 0 Å². The van der Waals surface area contributed by atoms with E-state index in [0.29, 0.717) is 11.5 Å². The molecule has 134 valence electrons. The van der Waals surface area contributed by atoms with Gasteiger partial charge in [0.1, 0.15) is 0 Å². The number of hydrogen-bond acceptors (Lipinski definition) is 4. The van der Waals surface area contributed by atoms with Crippen molar-refractivity contribution in [3.63, 3.8) is 0 Å². The zero-order valence-corrected chi connectivity index (χ0v) is 17.4.